The number of hydrogen-bond acceptors (Lipinski definition) is 3. The normalized spacial score (nSPS) is 13.7. The first-order valence-corrected chi connectivity index (χ1v) is 6.68. The van der Waals surface area contributed by atoms with Crippen molar-refractivity contribution in [2.24, 2.45) is 5.41 Å². The molecule has 1 amide bonds. The van der Waals surface area contributed by atoms with Crippen molar-refractivity contribution < 1.29 is 9.90 Å². The molecule has 0 radical (unpaired) electrons. The van der Waals surface area contributed by atoms with Gasteiger partial charge in [-0.1, -0.05) is 32.0 Å². The molecule has 106 valence electrons. The predicted octanol–water partition coefficient (Wildman–Crippen LogP) is 1.80. The lowest BCUT2D eigenvalue weighted by Crippen LogP contribution is -2.30. The van der Waals surface area contributed by atoms with E-state index in [9.17, 15) is 9.90 Å². The molecule has 0 aromatic heterocycles. The number of amides is 1. The molecule has 0 saturated heterocycles. The van der Waals surface area contributed by atoms with E-state index in [-0.39, 0.29) is 17.9 Å². The van der Waals surface area contributed by atoms with Crippen molar-refractivity contribution in [1.29, 1.82) is 0 Å². The Morgan fingerprint density at radius 1 is 1.37 bits per heavy atom. The molecule has 4 nitrogen and oxygen atoms in total. The van der Waals surface area contributed by atoms with Crippen LogP contribution in [-0.2, 0) is 11.2 Å². The van der Waals surface area contributed by atoms with Crippen LogP contribution < -0.4 is 10.6 Å². The van der Waals surface area contributed by atoms with E-state index in [4.69, 9.17) is 0 Å². The van der Waals surface area contributed by atoms with Crippen LogP contribution in [0.3, 0.4) is 0 Å². The molecule has 1 rings (SSSR count). The molecule has 0 spiro atoms. The van der Waals surface area contributed by atoms with Crippen LogP contribution in [0.2, 0.25) is 0 Å². The van der Waals surface area contributed by atoms with Gasteiger partial charge in [-0.2, -0.15) is 0 Å². The van der Waals surface area contributed by atoms with Crippen molar-refractivity contribution in [2.75, 3.05) is 25.5 Å². The van der Waals surface area contributed by atoms with Crippen LogP contribution in [0, 0.1) is 5.41 Å². The summed E-state index contributed by atoms with van der Waals surface area (Å²) < 4.78 is 0. The van der Waals surface area contributed by atoms with Crippen LogP contribution in [0.1, 0.15) is 25.8 Å². The van der Waals surface area contributed by atoms with Gasteiger partial charge in [0.2, 0.25) is 5.91 Å². The number of carbonyl (C=O) groups is 1. The third kappa shape index (κ3) is 4.56. The molecular formula is C15H24N2O2. The third-order valence-corrected chi connectivity index (χ3v) is 3.59. The van der Waals surface area contributed by atoms with Gasteiger partial charge < -0.3 is 15.7 Å². The lowest BCUT2D eigenvalue weighted by Gasteiger charge is -2.27. The van der Waals surface area contributed by atoms with Gasteiger partial charge >= 0.3 is 0 Å². The van der Waals surface area contributed by atoms with Crippen LogP contribution in [0.25, 0.3) is 0 Å². The fourth-order valence-corrected chi connectivity index (χ4v) is 1.71. The van der Waals surface area contributed by atoms with Crippen molar-refractivity contribution in [3.63, 3.8) is 0 Å². The highest BCUT2D eigenvalue weighted by molar-refractivity contribution is 5.80. The molecule has 0 aliphatic carbocycles. The standard InChI is InChI=1S/C15H24N2O2/c1-4-15(2,11-18)10-17-13-8-6-5-7-12(13)9-14(19)16-3/h5-8,17-18H,4,9-11H2,1-3H3,(H,16,19). The highest BCUT2D eigenvalue weighted by Crippen LogP contribution is 2.23. The average Bonchev–Trinajstić information content (AvgIpc) is 2.45. The minimum absolute atomic E-state index is 0.00494. The quantitative estimate of drug-likeness (QED) is 0.703. The van der Waals surface area contributed by atoms with Crippen LogP contribution in [-0.4, -0.2) is 31.2 Å². The number of nitrogens with one attached hydrogen (secondary N) is 2. The Morgan fingerprint density at radius 3 is 2.63 bits per heavy atom. The second-order valence-corrected chi connectivity index (χ2v) is 5.18. The number of likely N-dealkylation sites (N-methyl/N-ethyl adjacent to an activating group) is 1. The fraction of sp³-hybridized carbons (Fsp3) is 0.533. The summed E-state index contributed by atoms with van der Waals surface area (Å²) in [5.74, 6) is -0.00494. The van der Waals surface area contributed by atoms with Gasteiger partial charge in [0.15, 0.2) is 0 Å². The molecular weight excluding hydrogens is 240 g/mol. The number of carbonyl (C=O) groups excluding carboxylic acids is 1. The summed E-state index contributed by atoms with van der Waals surface area (Å²) in [6, 6.07) is 7.78. The van der Waals surface area contributed by atoms with Crippen molar-refractivity contribution in [1.82, 2.24) is 5.32 Å². The number of benzene rings is 1. The maximum atomic E-state index is 11.5. The van der Waals surface area contributed by atoms with Crippen molar-refractivity contribution >= 4 is 11.6 Å². The summed E-state index contributed by atoms with van der Waals surface area (Å²) in [7, 11) is 1.64. The highest BCUT2D eigenvalue weighted by atomic mass is 16.3. The highest BCUT2D eigenvalue weighted by Gasteiger charge is 2.21. The van der Waals surface area contributed by atoms with Crippen LogP contribution >= 0.6 is 0 Å². The minimum atomic E-state index is -0.139. The smallest absolute Gasteiger partial charge is 0.224 e. The third-order valence-electron chi connectivity index (χ3n) is 3.59. The number of anilines is 1. The fourth-order valence-electron chi connectivity index (χ4n) is 1.71. The molecule has 0 bridgehead atoms. The van der Waals surface area contributed by atoms with E-state index in [1.807, 2.05) is 31.2 Å². The van der Waals surface area contributed by atoms with E-state index in [1.54, 1.807) is 7.05 Å². The Bertz CT molecular complexity index is 414. The Morgan fingerprint density at radius 2 is 2.05 bits per heavy atom. The number of rotatable bonds is 7. The van der Waals surface area contributed by atoms with E-state index >= 15 is 0 Å². The first-order valence-electron chi connectivity index (χ1n) is 6.68. The number of aliphatic hydroxyl groups is 1. The zero-order chi connectivity index (χ0) is 14.3. The van der Waals surface area contributed by atoms with E-state index in [2.05, 4.69) is 17.6 Å². The van der Waals surface area contributed by atoms with Gasteiger partial charge in [0.1, 0.15) is 0 Å². The first-order chi connectivity index (χ1) is 9.04. The molecule has 4 heteroatoms. The summed E-state index contributed by atoms with van der Waals surface area (Å²) in [6.45, 7) is 4.94. The minimum Gasteiger partial charge on any atom is -0.396 e. The Hall–Kier alpha value is -1.55. The summed E-state index contributed by atoms with van der Waals surface area (Å²) in [5.41, 5.74) is 1.79. The van der Waals surface area contributed by atoms with Gasteiger partial charge in [-0.05, 0) is 18.1 Å². The topological polar surface area (TPSA) is 61.4 Å². The zero-order valence-electron chi connectivity index (χ0n) is 12.0. The molecule has 3 N–H and O–H groups in total. The molecule has 0 fully saturated rings. The summed E-state index contributed by atoms with van der Waals surface area (Å²) in [4.78, 5) is 11.5. The largest absolute Gasteiger partial charge is 0.396 e. The van der Waals surface area contributed by atoms with E-state index in [1.165, 1.54) is 0 Å². The van der Waals surface area contributed by atoms with Crippen molar-refractivity contribution in [3.05, 3.63) is 29.8 Å². The van der Waals surface area contributed by atoms with Gasteiger partial charge in [-0.3, -0.25) is 4.79 Å². The summed E-state index contributed by atoms with van der Waals surface area (Å²) in [6.07, 6.45) is 1.26. The van der Waals surface area contributed by atoms with Crippen LogP contribution in [0.4, 0.5) is 5.69 Å². The summed E-state index contributed by atoms with van der Waals surface area (Å²) in [5, 5.41) is 15.4. The number of aliphatic hydroxyl groups excluding tert-OH is 1. The molecule has 1 aromatic carbocycles. The lowest BCUT2D eigenvalue weighted by molar-refractivity contribution is -0.119. The SMILES string of the molecule is CCC(C)(CO)CNc1ccccc1CC(=O)NC. The number of hydrogen-bond donors (Lipinski definition) is 3. The van der Waals surface area contributed by atoms with Crippen molar-refractivity contribution in [2.45, 2.75) is 26.7 Å². The summed E-state index contributed by atoms with van der Waals surface area (Å²) >= 11 is 0. The van der Waals surface area contributed by atoms with Gasteiger partial charge in [-0.25, -0.2) is 0 Å². The van der Waals surface area contributed by atoms with Crippen LogP contribution in [0.5, 0.6) is 0 Å². The number of para-hydroxylation sites is 1. The monoisotopic (exact) mass is 264 g/mol. The molecule has 0 aliphatic rings. The average molecular weight is 264 g/mol. The second-order valence-electron chi connectivity index (χ2n) is 5.18. The van der Waals surface area contributed by atoms with Gasteiger partial charge in [-0.15, -0.1) is 0 Å². The first kappa shape index (κ1) is 15.5. The lowest BCUT2D eigenvalue weighted by atomic mass is 9.88. The van der Waals surface area contributed by atoms with Gasteiger partial charge in [0, 0.05) is 24.7 Å². The van der Waals surface area contributed by atoms with Gasteiger partial charge in [0.25, 0.3) is 0 Å². The molecule has 19 heavy (non-hydrogen) atoms. The van der Waals surface area contributed by atoms with Crippen molar-refractivity contribution in [3.8, 4) is 0 Å². The van der Waals surface area contributed by atoms with E-state index < -0.39 is 0 Å². The zero-order valence-corrected chi connectivity index (χ0v) is 12.0. The predicted molar refractivity (Wildman–Crippen MR) is 78.2 cm³/mol. The van der Waals surface area contributed by atoms with Crippen LogP contribution in [0.15, 0.2) is 24.3 Å². The molecule has 0 aliphatic heterocycles. The molecule has 1 unspecified atom stereocenters. The Balaban J connectivity index is 2.75. The maximum absolute atomic E-state index is 11.5. The van der Waals surface area contributed by atoms with Gasteiger partial charge in [0.05, 0.1) is 13.0 Å². The Labute approximate surface area is 115 Å². The molecule has 1 aromatic rings. The van der Waals surface area contributed by atoms with E-state index in [0.717, 1.165) is 17.7 Å². The van der Waals surface area contributed by atoms with E-state index in [0.29, 0.717) is 13.0 Å². The molecule has 1 atom stereocenters. The molecule has 0 saturated carbocycles. The second kappa shape index (κ2) is 7.14. The Kier molecular flexibility index (Phi) is 5.83. The maximum Gasteiger partial charge on any atom is 0.224 e. The molecule has 0 heterocycles.